The Bertz CT molecular complexity index is 536. The van der Waals surface area contributed by atoms with Gasteiger partial charge in [0.1, 0.15) is 0 Å². The van der Waals surface area contributed by atoms with E-state index < -0.39 is 0 Å². The lowest BCUT2D eigenvalue weighted by atomic mass is 10.3. The van der Waals surface area contributed by atoms with Crippen LogP contribution in [0.25, 0.3) is 0 Å². The molecule has 2 rings (SSSR count). The van der Waals surface area contributed by atoms with Gasteiger partial charge >= 0.3 is 0 Å². The molecule has 0 aliphatic carbocycles. The normalized spacial score (nSPS) is 12.0. The van der Waals surface area contributed by atoms with Gasteiger partial charge in [0.15, 0.2) is 0 Å². The Morgan fingerprint density at radius 2 is 1.00 bits per heavy atom. The minimum atomic E-state index is 0.197. The van der Waals surface area contributed by atoms with E-state index in [2.05, 4.69) is 20.8 Å². The summed E-state index contributed by atoms with van der Waals surface area (Å²) >= 11 is 0. The highest BCUT2D eigenvalue weighted by molar-refractivity contribution is 5.86. The molecule has 0 saturated carbocycles. The van der Waals surface area contributed by atoms with Crippen molar-refractivity contribution in [3.8, 4) is 0 Å². The SMILES string of the molecule is NC(=Nc1ccccc1)NNC(N)=Nc1ccccc1. The number of nitrogens with two attached hydrogens (primary N) is 2. The van der Waals surface area contributed by atoms with Gasteiger partial charge in [0.25, 0.3) is 0 Å². The van der Waals surface area contributed by atoms with E-state index in [9.17, 15) is 0 Å². The highest BCUT2D eigenvalue weighted by Crippen LogP contribution is 2.09. The number of aliphatic imine (C=N–C) groups is 2. The Labute approximate surface area is 117 Å². The summed E-state index contributed by atoms with van der Waals surface area (Å²) in [5, 5.41) is 0. The number of para-hydroxylation sites is 2. The standard InChI is InChI=1S/C14H16N6/c15-13(17-11-7-3-1-4-8-11)19-20-14(16)18-12-9-5-2-6-10-12/h1-10H,(H3,15,17,19)(H3,16,18,20). The van der Waals surface area contributed by atoms with Crippen LogP contribution < -0.4 is 22.3 Å². The summed E-state index contributed by atoms with van der Waals surface area (Å²) in [5.74, 6) is 0.393. The quantitative estimate of drug-likeness (QED) is 0.375. The van der Waals surface area contributed by atoms with E-state index in [0.29, 0.717) is 0 Å². The maximum Gasteiger partial charge on any atom is 0.212 e. The predicted octanol–water partition coefficient (Wildman–Crippen LogP) is 1.37. The molecule has 2 aromatic carbocycles. The molecule has 0 spiro atoms. The summed E-state index contributed by atoms with van der Waals surface area (Å²) in [5.41, 5.74) is 18.3. The fourth-order valence-corrected chi connectivity index (χ4v) is 1.47. The summed E-state index contributed by atoms with van der Waals surface area (Å²) in [6.45, 7) is 0. The van der Waals surface area contributed by atoms with Gasteiger partial charge in [-0.3, -0.25) is 10.9 Å². The molecule has 0 atom stereocenters. The second-order valence-corrected chi connectivity index (χ2v) is 3.92. The molecule has 6 heteroatoms. The van der Waals surface area contributed by atoms with Crippen LogP contribution in [-0.2, 0) is 0 Å². The number of nitrogens with one attached hydrogen (secondary N) is 2. The lowest BCUT2D eigenvalue weighted by Gasteiger charge is -2.07. The maximum absolute atomic E-state index is 5.71. The van der Waals surface area contributed by atoms with Gasteiger partial charge in [0, 0.05) is 0 Å². The third-order valence-electron chi connectivity index (χ3n) is 2.33. The van der Waals surface area contributed by atoms with Gasteiger partial charge in [-0.1, -0.05) is 36.4 Å². The van der Waals surface area contributed by atoms with E-state index in [-0.39, 0.29) is 11.9 Å². The largest absolute Gasteiger partial charge is 0.368 e. The molecule has 0 saturated heterocycles. The Hall–Kier alpha value is -3.02. The summed E-state index contributed by atoms with van der Waals surface area (Å²) < 4.78 is 0. The molecule has 20 heavy (non-hydrogen) atoms. The summed E-state index contributed by atoms with van der Waals surface area (Å²) in [4.78, 5) is 8.30. The first kappa shape index (κ1) is 13.4. The highest BCUT2D eigenvalue weighted by atomic mass is 15.4. The average Bonchev–Trinajstić information content (AvgIpc) is 2.47. The van der Waals surface area contributed by atoms with Crippen molar-refractivity contribution in [2.75, 3.05) is 0 Å². The number of rotatable bonds is 2. The minimum absolute atomic E-state index is 0.197. The van der Waals surface area contributed by atoms with E-state index in [1.54, 1.807) is 0 Å². The van der Waals surface area contributed by atoms with Crippen molar-refractivity contribution in [1.29, 1.82) is 0 Å². The molecule has 0 heterocycles. The zero-order valence-corrected chi connectivity index (χ0v) is 10.8. The van der Waals surface area contributed by atoms with Crippen LogP contribution in [0.3, 0.4) is 0 Å². The van der Waals surface area contributed by atoms with Crippen molar-refractivity contribution >= 4 is 23.3 Å². The fraction of sp³-hybridized carbons (Fsp3) is 0. The van der Waals surface area contributed by atoms with Gasteiger partial charge < -0.3 is 11.5 Å². The summed E-state index contributed by atoms with van der Waals surface area (Å²) in [6.07, 6.45) is 0. The molecule has 0 aromatic heterocycles. The molecule has 6 nitrogen and oxygen atoms in total. The summed E-state index contributed by atoms with van der Waals surface area (Å²) in [6, 6.07) is 18.7. The third kappa shape index (κ3) is 4.34. The van der Waals surface area contributed by atoms with Crippen LogP contribution in [-0.4, -0.2) is 11.9 Å². The first-order valence-corrected chi connectivity index (χ1v) is 6.04. The van der Waals surface area contributed by atoms with E-state index >= 15 is 0 Å². The van der Waals surface area contributed by atoms with Gasteiger partial charge in [-0.25, -0.2) is 9.98 Å². The van der Waals surface area contributed by atoms with E-state index in [1.165, 1.54) is 0 Å². The predicted molar refractivity (Wildman–Crippen MR) is 81.7 cm³/mol. The molecule has 0 unspecified atom stereocenters. The Balaban J connectivity index is 1.92. The van der Waals surface area contributed by atoms with Crippen LogP contribution in [0.1, 0.15) is 0 Å². The van der Waals surface area contributed by atoms with Crippen molar-refractivity contribution < 1.29 is 0 Å². The molecular formula is C14H16N6. The second kappa shape index (κ2) is 6.79. The molecule has 0 fully saturated rings. The smallest absolute Gasteiger partial charge is 0.212 e. The van der Waals surface area contributed by atoms with Crippen LogP contribution in [0.15, 0.2) is 70.6 Å². The first-order valence-electron chi connectivity index (χ1n) is 6.04. The Kier molecular flexibility index (Phi) is 4.55. The number of nitrogens with zero attached hydrogens (tertiary/aromatic N) is 2. The van der Waals surface area contributed by atoms with Crippen LogP contribution in [0.4, 0.5) is 11.4 Å². The van der Waals surface area contributed by atoms with Crippen molar-refractivity contribution in [1.82, 2.24) is 10.9 Å². The van der Waals surface area contributed by atoms with Gasteiger partial charge in [-0.2, -0.15) is 0 Å². The Morgan fingerprint density at radius 1 is 0.650 bits per heavy atom. The van der Waals surface area contributed by atoms with Crippen molar-refractivity contribution in [3.63, 3.8) is 0 Å². The molecule has 0 aliphatic rings. The van der Waals surface area contributed by atoms with Gasteiger partial charge in [-0.05, 0) is 24.3 Å². The van der Waals surface area contributed by atoms with Gasteiger partial charge in [0.05, 0.1) is 11.4 Å². The number of guanidine groups is 2. The second-order valence-electron chi connectivity index (χ2n) is 3.92. The molecule has 0 bridgehead atoms. The zero-order chi connectivity index (χ0) is 14.2. The Morgan fingerprint density at radius 3 is 1.35 bits per heavy atom. The van der Waals surface area contributed by atoms with Crippen LogP contribution in [0, 0.1) is 0 Å². The fourth-order valence-electron chi connectivity index (χ4n) is 1.47. The molecular weight excluding hydrogens is 252 g/mol. The topological polar surface area (TPSA) is 101 Å². The number of hydrazine groups is 1. The molecule has 2 aromatic rings. The molecule has 0 radical (unpaired) electrons. The zero-order valence-electron chi connectivity index (χ0n) is 10.8. The molecule has 102 valence electrons. The average molecular weight is 268 g/mol. The molecule has 0 amide bonds. The molecule has 0 aliphatic heterocycles. The van der Waals surface area contributed by atoms with E-state index in [1.807, 2.05) is 60.7 Å². The van der Waals surface area contributed by atoms with Crippen LogP contribution in [0.2, 0.25) is 0 Å². The maximum atomic E-state index is 5.71. The van der Waals surface area contributed by atoms with Crippen molar-refractivity contribution in [2.45, 2.75) is 0 Å². The highest BCUT2D eigenvalue weighted by Gasteiger charge is 1.95. The van der Waals surface area contributed by atoms with Gasteiger partial charge in [0.2, 0.25) is 11.9 Å². The number of hydrogen-bond donors (Lipinski definition) is 4. The monoisotopic (exact) mass is 268 g/mol. The number of benzene rings is 2. The van der Waals surface area contributed by atoms with Crippen LogP contribution in [0.5, 0.6) is 0 Å². The molecule has 6 N–H and O–H groups in total. The third-order valence-corrected chi connectivity index (χ3v) is 2.33. The van der Waals surface area contributed by atoms with Gasteiger partial charge in [-0.15, -0.1) is 0 Å². The van der Waals surface area contributed by atoms with E-state index in [4.69, 9.17) is 11.5 Å². The van der Waals surface area contributed by atoms with E-state index in [0.717, 1.165) is 11.4 Å². The van der Waals surface area contributed by atoms with Crippen LogP contribution >= 0.6 is 0 Å². The first-order chi connectivity index (χ1) is 9.74. The lowest BCUT2D eigenvalue weighted by Crippen LogP contribution is -2.48. The minimum Gasteiger partial charge on any atom is -0.368 e. The lowest BCUT2D eigenvalue weighted by molar-refractivity contribution is 0.845. The number of hydrogen-bond acceptors (Lipinski definition) is 2. The van der Waals surface area contributed by atoms with Crippen molar-refractivity contribution in [3.05, 3.63) is 60.7 Å². The summed E-state index contributed by atoms with van der Waals surface area (Å²) in [7, 11) is 0. The van der Waals surface area contributed by atoms with Crippen molar-refractivity contribution in [2.24, 2.45) is 21.5 Å².